The van der Waals surface area contributed by atoms with E-state index in [0.29, 0.717) is 6.42 Å². The molecule has 0 saturated carbocycles. The summed E-state index contributed by atoms with van der Waals surface area (Å²) < 4.78 is 43.3. The number of nitrogens with zero attached hydrogens (tertiary/aromatic N) is 1. The summed E-state index contributed by atoms with van der Waals surface area (Å²) in [5.41, 5.74) is 0.00435. The minimum atomic E-state index is -2.68. The zero-order chi connectivity index (χ0) is 18.4. The van der Waals surface area contributed by atoms with E-state index in [1.807, 2.05) is 6.07 Å². The van der Waals surface area contributed by atoms with Crippen molar-refractivity contribution < 1.29 is 22.7 Å². The van der Waals surface area contributed by atoms with Crippen LogP contribution in [0.25, 0.3) is 0 Å². The standard InChI is InChI=1S/C17H17ClFNO4S/c1-2-10-20(25(22)23)14-9-8-13(18)15(16(14)19)17(21)24-11-12-6-4-3-5-7-12/h3-9H,2,10-11H2,1H3,(H,22,23)/p-1. The van der Waals surface area contributed by atoms with Gasteiger partial charge in [0, 0.05) is 17.8 Å². The molecule has 0 fully saturated rings. The first-order valence-electron chi connectivity index (χ1n) is 7.51. The second kappa shape index (κ2) is 8.94. The van der Waals surface area contributed by atoms with Gasteiger partial charge in [-0.1, -0.05) is 48.9 Å². The number of carbonyl (C=O) groups excluding carboxylic acids is 1. The van der Waals surface area contributed by atoms with Crippen LogP contribution in [-0.4, -0.2) is 21.3 Å². The maximum absolute atomic E-state index is 14.7. The van der Waals surface area contributed by atoms with E-state index in [2.05, 4.69) is 0 Å². The van der Waals surface area contributed by atoms with E-state index in [1.54, 1.807) is 31.2 Å². The molecule has 0 aliphatic rings. The number of hydrogen-bond donors (Lipinski definition) is 0. The molecule has 1 unspecified atom stereocenters. The van der Waals surface area contributed by atoms with Crippen LogP contribution in [0.3, 0.4) is 0 Å². The normalized spacial score (nSPS) is 11.8. The van der Waals surface area contributed by atoms with E-state index < -0.39 is 28.6 Å². The number of hydrogen-bond acceptors (Lipinski definition) is 4. The summed E-state index contributed by atoms with van der Waals surface area (Å²) in [6.07, 6.45) is 0.476. The molecular formula is C17H16ClFNO4S-. The Balaban J connectivity index is 2.29. The van der Waals surface area contributed by atoms with Gasteiger partial charge in [-0.15, -0.1) is 0 Å². The summed E-state index contributed by atoms with van der Waals surface area (Å²) in [5, 5.41) is -0.146. The lowest BCUT2D eigenvalue weighted by atomic mass is 10.1. The molecule has 0 aliphatic carbocycles. The van der Waals surface area contributed by atoms with Crippen molar-refractivity contribution in [3.8, 4) is 0 Å². The van der Waals surface area contributed by atoms with Crippen LogP contribution in [0.5, 0.6) is 0 Å². The Labute approximate surface area is 152 Å². The van der Waals surface area contributed by atoms with E-state index >= 15 is 0 Å². The molecule has 0 amide bonds. The molecular weight excluding hydrogens is 369 g/mol. The first-order valence-corrected chi connectivity index (χ1v) is 8.92. The van der Waals surface area contributed by atoms with Crippen LogP contribution in [0, 0.1) is 5.82 Å². The van der Waals surface area contributed by atoms with Crippen molar-refractivity contribution >= 4 is 34.5 Å². The highest BCUT2D eigenvalue weighted by atomic mass is 35.5. The van der Waals surface area contributed by atoms with Gasteiger partial charge in [0.05, 0.1) is 10.7 Å². The zero-order valence-electron chi connectivity index (χ0n) is 13.4. The van der Waals surface area contributed by atoms with Crippen molar-refractivity contribution in [2.75, 3.05) is 10.8 Å². The lowest BCUT2D eigenvalue weighted by Gasteiger charge is -2.26. The van der Waals surface area contributed by atoms with Gasteiger partial charge in [-0.25, -0.2) is 9.18 Å². The number of rotatable bonds is 7. The largest absolute Gasteiger partial charge is 0.755 e. The maximum Gasteiger partial charge on any atom is 0.343 e. The summed E-state index contributed by atoms with van der Waals surface area (Å²) in [4.78, 5) is 12.2. The third kappa shape index (κ3) is 4.78. The highest BCUT2D eigenvalue weighted by Gasteiger charge is 2.23. The predicted octanol–water partition coefficient (Wildman–Crippen LogP) is 3.85. The molecule has 0 aromatic heterocycles. The first kappa shape index (κ1) is 19.4. The Morgan fingerprint density at radius 2 is 1.96 bits per heavy atom. The summed E-state index contributed by atoms with van der Waals surface area (Å²) >= 11 is 3.25. The van der Waals surface area contributed by atoms with Crippen molar-refractivity contribution in [1.29, 1.82) is 0 Å². The molecule has 0 bridgehead atoms. The SMILES string of the molecule is CCCN(c1ccc(Cl)c(C(=O)OCc2ccccc2)c1F)S(=O)[O-]. The molecule has 0 spiro atoms. The second-order valence-electron chi connectivity index (χ2n) is 5.14. The fourth-order valence-corrected chi connectivity index (χ4v) is 3.05. The quantitative estimate of drug-likeness (QED) is 0.537. The minimum Gasteiger partial charge on any atom is -0.755 e. The molecule has 1 atom stereocenters. The number of ether oxygens (including phenoxy) is 1. The number of benzene rings is 2. The molecule has 0 radical (unpaired) electrons. The van der Waals surface area contributed by atoms with E-state index in [4.69, 9.17) is 16.3 Å². The van der Waals surface area contributed by atoms with Crippen LogP contribution >= 0.6 is 11.6 Å². The number of anilines is 1. The molecule has 5 nitrogen and oxygen atoms in total. The van der Waals surface area contributed by atoms with Crippen LogP contribution in [0.15, 0.2) is 42.5 Å². The molecule has 2 rings (SSSR count). The van der Waals surface area contributed by atoms with Gasteiger partial charge >= 0.3 is 5.97 Å². The third-order valence-electron chi connectivity index (χ3n) is 3.36. The third-order valence-corrected chi connectivity index (χ3v) is 4.42. The Morgan fingerprint density at radius 3 is 2.56 bits per heavy atom. The first-order chi connectivity index (χ1) is 12.0. The average Bonchev–Trinajstić information content (AvgIpc) is 2.59. The van der Waals surface area contributed by atoms with Gasteiger partial charge < -0.3 is 9.29 Å². The molecule has 2 aromatic rings. The molecule has 25 heavy (non-hydrogen) atoms. The highest BCUT2D eigenvalue weighted by molar-refractivity contribution is 7.80. The van der Waals surface area contributed by atoms with Gasteiger partial charge in [0.1, 0.15) is 12.2 Å². The predicted molar refractivity (Wildman–Crippen MR) is 93.5 cm³/mol. The van der Waals surface area contributed by atoms with Crippen molar-refractivity contribution in [3.05, 3.63) is 64.4 Å². The van der Waals surface area contributed by atoms with E-state index in [-0.39, 0.29) is 23.9 Å². The van der Waals surface area contributed by atoms with Crippen molar-refractivity contribution in [3.63, 3.8) is 0 Å². The molecule has 2 aromatic carbocycles. The number of halogens is 2. The maximum atomic E-state index is 14.7. The summed E-state index contributed by atoms with van der Waals surface area (Å²) in [7, 11) is 0. The smallest absolute Gasteiger partial charge is 0.343 e. The minimum absolute atomic E-state index is 0.0498. The van der Waals surface area contributed by atoms with Gasteiger partial charge in [0.25, 0.3) is 0 Å². The van der Waals surface area contributed by atoms with Crippen LogP contribution < -0.4 is 4.31 Å². The number of carbonyl (C=O) groups is 1. The van der Waals surface area contributed by atoms with Crippen molar-refractivity contribution in [1.82, 2.24) is 0 Å². The Kier molecular flexibility index (Phi) is 6.92. The average molecular weight is 385 g/mol. The topological polar surface area (TPSA) is 69.7 Å². The van der Waals surface area contributed by atoms with Gasteiger partial charge in [-0.3, -0.25) is 8.51 Å². The monoisotopic (exact) mass is 384 g/mol. The molecule has 0 heterocycles. The molecule has 0 N–H and O–H groups in total. The van der Waals surface area contributed by atoms with Crippen LogP contribution in [0.2, 0.25) is 5.02 Å². The summed E-state index contributed by atoms with van der Waals surface area (Å²) in [6, 6.07) is 11.4. The molecule has 0 aliphatic heterocycles. The van der Waals surface area contributed by atoms with Gasteiger partial charge in [0.2, 0.25) is 0 Å². The Morgan fingerprint density at radius 1 is 1.28 bits per heavy atom. The van der Waals surface area contributed by atoms with Gasteiger partial charge in [0.15, 0.2) is 5.82 Å². The fraction of sp³-hybridized carbons (Fsp3) is 0.235. The zero-order valence-corrected chi connectivity index (χ0v) is 15.0. The molecule has 0 saturated heterocycles. The Hall–Kier alpha value is -1.96. The van der Waals surface area contributed by atoms with E-state index in [9.17, 15) is 17.9 Å². The van der Waals surface area contributed by atoms with Crippen molar-refractivity contribution in [2.45, 2.75) is 20.0 Å². The van der Waals surface area contributed by atoms with Gasteiger partial charge in [-0.2, -0.15) is 0 Å². The molecule has 134 valence electrons. The number of esters is 1. The van der Waals surface area contributed by atoms with Crippen LogP contribution in [-0.2, 0) is 22.6 Å². The second-order valence-corrected chi connectivity index (χ2v) is 6.42. The lowest BCUT2D eigenvalue weighted by Crippen LogP contribution is -2.27. The van der Waals surface area contributed by atoms with Crippen molar-refractivity contribution in [2.24, 2.45) is 0 Å². The lowest BCUT2D eigenvalue weighted by molar-refractivity contribution is 0.0467. The Bertz CT molecular complexity index is 773. The molecule has 8 heteroatoms. The summed E-state index contributed by atoms with van der Waals surface area (Å²) in [6.45, 7) is 1.78. The highest BCUT2D eigenvalue weighted by Crippen LogP contribution is 2.30. The fourth-order valence-electron chi connectivity index (χ4n) is 2.19. The van der Waals surface area contributed by atoms with E-state index in [0.717, 1.165) is 9.87 Å². The van der Waals surface area contributed by atoms with Crippen LogP contribution in [0.4, 0.5) is 10.1 Å². The van der Waals surface area contributed by atoms with E-state index in [1.165, 1.54) is 12.1 Å². The summed E-state index contributed by atoms with van der Waals surface area (Å²) in [5.74, 6) is -1.98. The van der Waals surface area contributed by atoms with Gasteiger partial charge in [-0.05, 0) is 24.1 Å². The van der Waals surface area contributed by atoms with Crippen LogP contribution in [0.1, 0.15) is 29.3 Å².